The van der Waals surface area contributed by atoms with Gasteiger partial charge in [-0.2, -0.15) is 0 Å². The molecule has 1 amide bonds. The molecule has 0 saturated carbocycles. The summed E-state index contributed by atoms with van der Waals surface area (Å²) < 4.78 is 2.56. The molecule has 0 fully saturated rings. The Hall–Kier alpha value is -3.25. The molecule has 0 aliphatic rings. The quantitative estimate of drug-likeness (QED) is 0.362. The van der Waals surface area contributed by atoms with Gasteiger partial charge in [-0.15, -0.1) is 0 Å². The predicted octanol–water partition coefficient (Wildman–Crippen LogP) is 5.68. The Kier molecular flexibility index (Phi) is 6.24. The molecule has 1 aromatic heterocycles. The average Bonchev–Trinajstić information content (AvgIpc) is 2.80. The summed E-state index contributed by atoms with van der Waals surface area (Å²) in [6.45, 7) is 6.30. The largest absolute Gasteiger partial charge is 0.329 e. The molecule has 3 aromatic carbocycles. The molecule has 0 radical (unpaired) electrons. The maximum Gasteiger partial charge on any atom is 0.266 e. The van der Waals surface area contributed by atoms with Crippen molar-refractivity contribution in [2.75, 3.05) is 6.54 Å². The minimum Gasteiger partial charge on any atom is -0.329 e. The van der Waals surface area contributed by atoms with E-state index >= 15 is 0 Å². The second-order valence-corrected chi connectivity index (χ2v) is 8.60. The summed E-state index contributed by atoms with van der Waals surface area (Å²) in [6, 6.07) is 21.9. The summed E-state index contributed by atoms with van der Waals surface area (Å²) in [5, 5.41) is 0.550. The Balaban J connectivity index is 1.91. The highest BCUT2D eigenvalue weighted by atomic mass is 79.9. The zero-order valence-electron chi connectivity index (χ0n) is 18.2. The molecule has 0 N–H and O–H groups in total. The third-order valence-corrected chi connectivity index (χ3v) is 6.22. The van der Waals surface area contributed by atoms with E-state index in [1.54, 1.807) is 27.7 Å². The molecule has 32 heavy (non-hydrogen) atoms. The first kappa shape index (κ1) is 22.0. The van der Waals surface area contributed by atoms with Crippen LogP contribution in [0.3, 0.4) is 0 Å². The Labute approximate surface area is 195 Å². The molecule has 1 heterocycles. The standard InChI is InChI=1S/C26H24BrN3O2/c1-4-29(25(31)19-13-15-20(27)16-14-19)18(3)24-28-22-11-7-6-10-21(22)26(32)30(24)23-12-8-5-9-17(23)2/h5-16,18H,4H2,1-3H3. The van der Waals surface area contributed by atoms with E-state index in [1.165, 1.54) is 0 Å². The van der Waals surface area contributed by atoms with Gasteiger partial charge in [0, 0.05) is 16.6 Å². The number of hydrogen-bond acceptors (Lipinski definition) is 3. The lowest BCUT2D eigenvalue weighted by Gasteiger charge is -2.30. The van der Waals surface area contributed by atoms with Crippen molar-refractivity contribution in [3.8, 4) is 5.69 Å². The van der Waals surface area contributed by atoms with Gasteiger partial charge in [-0.05, 0) is 68.8 Å². The lowest BCUT2D eigenvalue weighted by molar-refractivity contribution is 0.0693. The number of nitrogens with zero attached hydrogens (tertiary/aromatic N) is 3. The molecule has 0 saturated heterocycles. The first-order valence-electron chi connectivity index (χ1n) is 10.6. The summed E-state index contributed by atoms with van der Waals surface area (Å²) in [5.41, 5.74) is 2.80. The fourth-order valence-electron chi connectivity index (χ4n) is 3.97. The molecule has 5 nitrogen and oxygen atoms in total. The Morgan fingerprint density at radius 2 is 1.69 bits per heavy atom. The van der Waals surface area contributed by atoms with Crippen LogP contribution in [0.5, 0.6) is 0 Å². The number of carbonyl (C=O) groups excluding carboxylic acids is 1. The third-order valence-electron chi connectivity index (χ3n) is 5.69. The number of benzene rings is 3. The van der Waals surface area contributed by atoms with Gasteiger partial charge >= 0.3 is 0 Å². The molecule has 0 aliphatic heterocycles. The van der Waals surface area contributed by atoms with Gasteiger partial charge in [-0.1, -0.05) is 46.3 Å². The zero-order chi connectivity index (χ0) is 22.8. The molecular weight excluding hydrogens is 466 g/mol. The van der Waals surface area contributed by atoms with E-state index in [2.05, 4.69) is 15.9 Å². The number of halogens is 1. The maximum atomic E-state index is 13.6. The number of aromatic nitrogens is 2. The van der Waals surface area contributed by atoms with E-state index in [-0.39, 0.29) is 11.5 Å². The SMILES string of the molecule is CCN(C(=O)c1ccc(Br)cc1)C(C)c1nc2ccccc2c(=O)n1-c1ccccc1C. The molecule has 0 spiro atoms. The van der Waals surface area contributed by atoms with Crippen molar-refractivity contribution in [3.63, 3.8) is 0 Å². The summed E-state index contributed by atoms with van der Waals surface area (Å²) >= 11 is 3.41. The van der Waals surface area contributed by atoms with Crippen LogP contribution in [0.1, 0.15) is 41.6 Å². The van der Waals surface area contributed by atoms with Crippen molar-refractivity contribution in [1.29, 1.82) is 0 Å². The molecule has 4 aromatic rings. The van der Waals surface area contributed by atoms with Gasteiger partial charge in [0.05, 0.1) is 22.6 Å². The van der Waals surface area contributed by atoms with Crippen molar-refractivity contribution in [3.05, 3.63) is 105 Å². The highest BCUT2D eigenvalue weighted by Gasteiger charge is 2.27. The van der Waals surface area contributed by atoms with E-state index in [4.69, 9.17) is 4.98 Å². The Morgan fingerprint density at radius 3 is 2.38 bits per heavy atom. The molecular formula is C26H24BrN3O2. The molecule has 0 aliphatic carbocycles. The van der Waals surface area contributed by atoms with Crippen LogP contribution in [0, 0.1) is 6.92 Å². The third kappa shape index (κ3) is 3.98. The number of rotatable bonds is 5. The minimum absolute atomic E-state index is 0.105. The molecule has 1 unspecified atom stereocenters. The van der Waals surface area contributed by atoms with Crippen molar-refractivity contribution in [1.82, 2.24) is 14.5 Å². The Bertz CT molecular complexity index is 1350. The van der Waals surface area contributed by atoms with Gasteiger partial charge in [0.2, 0.25) is 0 Å². The lowest BCUT2D eigenvalue weighted by atomic mass is 10.1. The van der Waals surface area contributed by atoms with E-state index < -0.39 is 6.04 Å². The second kappa shape index (κ2) is 9.09. The fourth-order valence-corrected chi connectivity index (χ4v) is 4.23. The molecule has 162 valence electrons. The predicted molar refractivity (Wildman–Crippen MR) is 131 cm³/mol. The zero-order valence-corrected chi connectivity index (χ0v) is 19.8. The van der Waals surface area contributed by atoms with Crippen molar-refractivity contribution in [2.45, 2.75) is 26.8 Å². The molecule has 0 bridgehead atoms. The second-order valence-electron chi connectivity index (χ2n) is 7.69. The first-order valence-corrected chi connectivity index (χ1v) is 11.4. The van der Waals surface area contributed by atoms with Crippen LogP contribution in [-0.4, -0.2) is 26.9 Å². The average molecular weight is 490 g/mol. The summed E-state index contributed by atoms with van der Waals surface area (Å²) in [4.78, 5) is 33.6. The number of fused-ring (bicyclic) bond motifs is 1. The monoisotopic (exact) mass is 489 g/mol. The van der Waals surface area contributed by atoms with E-state index in [0.717, 1.165) is 15.7 Å². The Morgan fingerprint density at radius 1 is 1.03 bits per heavy atom. The number of aryl methyl sites for hydroxylation is 1. The number of carbonyl (C=O) groups is 1. The minimum atomic E-state index is -0.423. The fraction of sp³-hybridized carbons (Fsp3) is 0.192. The number of amides is 1. The van der Waals surface area contributed by atoms with Gasteiger partial charge in [0.25, 0.3) is 11.5 Å². The summed E-state index contributed by atoms with van der Waals surface area (Å²) in [5.74, 6) is 0.432. The van der Waals surface area contributed by atoms with Gasteiger partial charge in [-0.3, -0.25) is 14.2 Å². The van der Waals surface area contributed by atoms with Crippen molar-refractivity contribution >= 4 is 32.7 Å². The van der Waals surface area contributed by atoms with E-state index in [9.17, 15) is 9.59 Å². The van der Waals surface area contributed by atoms with Crippen LogP contribution in [-0.2, 0) is 0 Å². The van der Waals surface area contributed by atoms with Crippen LogP contribution in [0.2, 0.25) is 0 Å². The van der Waals surface area contributed by atoms with Crippen LogP contribution < -0.4 is 5.56 Å². The smallest absolute Gasteiger partial charge is 0.266 e. The van der Waals surface area contributed by atoms with Gasteiger partial charge in [0.1, 0.15) is 5.82 Å². The number of para-hydroxylation sites is 2. The van der Waals surface area contributed by atoms with Crippen molar-refractivity contribution < 1.29 is 4.79 Å². The van der Waals surface area contributed by atoms with E-state index in [1.807, 2.05) is 75.4 Å². The summed E-state index contributed by atoms with van der Waals surface area (Å²) in [7, 11) is 0. The summed E-state index contributed by atoms with van der Waals surface area (Å²) in [6.07, 6.45) is 0. The van der Waals surface area contributed by atoms with Gasteiger partial charge < -0.3 is 4.90 Å². The van der Waals surface area contributed by atoms with Crippen molar-refractivity contribution in [2.24, 2.45) is 0 Å². The molecule has 6 heteroatoms. The highest BCUT2D eigenvalue weighted by molar-refractivity contribution is 9.10. The van der Waals surface area contributed by atoms with Crippen LogP contribution in [0.25, 0.3) is 16.6 Å². The normalized spacial score (nSPS) is 12.0. The lowest BCUT2D eigenvalue weighted by Crippen LogP contribution is -2.37. The number of hydrogen-bond donors (Lipinski definition) is 0. The molecule has 4 rings (SSSR count). The maximum absolute atomic E-state index is 13.6. The van der Waals surface area contributed by atoms with Gasteiger partial charge in [-0.25, -0.2) is 4.98 Å². The van der Waals surface area contributed by atoms with Crippen LogP contribution in [0.4, 0.5) is 0 Å². The highest BCUT2D eigenvalue weighted by Crippen LogP contribution is 2.25. The van der Waals surface area contributed by atoms with Crippen LogP contribution in [0.15, 0.2) is 82.1 Å². The van der Waals surface area contributed by atoms with Gasteiger partial charge in [0.15, 0.2) is 0 Å². The topological polar surface area (TPSA) is 55.2 Å². The first-order chi connectivity index (χ1) is 15.4. The van der Waals surface area contributed by atoms with Crippen LogP contribution >= 0.6 is 15.9 Å². The molecule has 1 atom stereocenters. The van der Waals surface area contributed by atoms with E-state index in [0.29, 0.717) is 28.8 Å².